The molecule has 1 amide bonds. The number of nitrogens with two attached hydrogens (primary N) is 1. The molecule has 104 valence electrons. The second-order valence-corrected chi connectivity index (χ2v) is 5.93. The lowest BCUT2D eigenvalue weighted by Crippen LogP contribution is -2.65. The molecule has 0 radical (unpaired) electrons. The van der Waals surface area contributed by atoms with Gasteiger partial charge in [0.1, 0.15) is 6.04 Å². The van der Waals surface area contributed by atoms with Crippen molar-refractivity contribution >= 4 is 11.6 Å². The van der Waals surface area contributed by atoms with E-state index in [9.17, 15) is 4.79 Å². The molecule has 4 heteroatoms. The fraction of sp³-hybridized carbons (Fsp3) is 0.533. The second kappa shape index (κ2) is 5.21. The Bertz CT molecular complexity index is 453. The number of carbonyl (C=O) groups is 1. The van der Waals surface area contributed by atoms with Crippen LogP contribution in [0.15, 0.2) is 24.3 Å². The fourth-order valence-corrected chi connectivity index (χ4v) is 2.59. The lowest BCUT2D eigenvalue weighted by atomic mass is 9.95. The van der Waals surface area contributed by atoms with Gasteiger partial charge in [-0.1, -0.05) is 17.7 Å². The summed E-state index contributed by atoms with van der Waals surface area (Å²) in [6.07, 6.45) is 0.676. The number of benzene rings is 1. The first-order chi connectivity index (χ1) is 8.93. The molecular formula is C15H23N3O. The number of aryl methyl sites for hydroxylation is 1. The lowest BCUT2D eigenvalue weighted by molar-refractivity contribution is -0.125. The molecule has 0 aliphatic carbocycles. The molecule has 4 nitrogen and oxygen atoms in total. The van der Waals surface area contributed by atoms with E-state index in [1.54, 1.807) is 0 Å². The molecule has 0 aromatic heterocycles. The molecular weight excluding hydrogens is 238 g/mol. The fourth-order valence-electron chi connectivity index (χ4n) is 2.59. The van der Waals surface area contributed by atoms with E-state index < -0.39 is 0 Å². The Labute approximate surface area is 115 Å². The maximum atomic E-state index is 12.2. The Kier molecular flexibility index (Phi) is 3.80. The summed E-state index contributed by atoms with van der Waals surface area (Å²) in [5, 5.41) is 3.07. The summed E-state index contributed by atoms with van der Waals surface area (Å²) in [4.78, 5) is 14.4. The van der Waals surface area contributed by atoms with Gasteiger partial charge < -0.3 is 16.0 Å². The van der Waals surface area contributed by atoms with Crippen LogP contribution < -0.4 is 16.0 Å². The number of rotatable bonds is 3. The number of hydrogen-bond acceptors (Lipinski definition) is 3. The summed E-state index contributed by atoms with van der Waals surface area (Å²) in [7, 11) is 0. The van der Waals surface area contributed by atoms with Gasteiger partial charge >= 0.3 is 0 Å². The third-order valence-electron chi connectivity index (χ3n) is 3.51. The van der Waals surface area contributed by atoms with Gasteiger partial charge in [0.25, 0.3) is 0 Å². The smallest absolute Gasteiger partial charge is 0.243 e. The first-order valence-corrected chi connectivity index (χ1v) is 6.78. The van der Waals surface area contributed by atoms with E-state index in [2.05, 4.69) is 41.4 Å². The van der Waals surface area contributed by atoms with Crippen molar-refractivity contribution < 1.29 is 4.79 Å². The van der Waals surface area contributed by atoms with Gasteiger partial charge in [0, 0.05) is 12.2 Å². The van der Waals surface area contributed by atoms with Gasteiger partial charge in [-0.25, -0.2) is 0 Å². The van der Waals surface area contributed by atoms with Gasteiger partial charge in [0.15, 0.2) is 0 Å². The van der Waals surface area contributed by atoms with Crippen LogP contribution in [0.3, 0.4) is 0 Å². The van der Waals surface area contributed by atoms with Crippen LogP contribution in [-0.4, -0.2) is 30.6 Å². The number of nitrogens with one attached hydrogen (secondary N) is 1. The van der Waals surface area contributed by atoms with Crippen molar-refractivity contribution in [3.63, 3.8) is 0 Å². The van der Waals surface area contributed by atoms with Crippen molar-refractivity contribution in [2.75, 3.05) is 18.0 Å². The number of amides is 1. The van der Waals surface area contributed by atoms with Gasteiger partial charge in [-0.2, -0.15) is 0 Å². The molecule has 0 bridgehead atoms. The average molecular weight is 261 g/mol. The maximum Gasteiger partial charge on any atom is 0.243 e. The third-order valence-corrected chi connectivity index (χ3v) is 3.51. The molecule has 1 aromatic rings. The van der Waals surface area contributed by atoms with E-state index >= 15 is 0 Å². The molecule has 1 saturated heterocycles. The Morgan fingerprint density at radius 2 is 2.00 bits per heavy atom. The van der Waals surface area contributed by atoms with Crippen LogP contribution in [0, 0.1) is 6.92 Å². The minimum absolute atomic E-state index is 0.0716. The van der Waals surface area contributed by atoms with Gasteiger partial charge in [-0.3, -0.25) is 4.79 Å². The van der Waals surface area contributed by atoms with Crippen LogP contribution >= 0.6 is 0 Å². The molecule has 1 atom stereocenters. The van der Waals surface area contributed by atoms with Crippen molar-refractivity contribution in [3.05, 3.63) is 29.8 Å². The topological polar surface area (TPSA) is 58.4 Å². The van der Waals surface area contributed by atoms with Crippen LogP contribution in [0.25, 0.3) is 0 Å². The zero-order chi connectivity index (χ0) is 14.0. The Morgan fingerprint density at radius 3 is 2.58 bits per heavy atom. The van der Waals surface area contributed by atoms with E-state index in [1.807, 2.05) is 13.8 Å². The van der Waals surface area contributed by atoms with Crippen LogP contribution in [0.5, 0.6) is 0 Å². The highest BCUT2D eigenvalue weighted by molar-refractivity contribution is 5.87. The highest BCUT2D eigenvalue weighted by atomic mass is 16.2. The normalized spacial score (nSPS) is 22.2. The molecule has 1 fully saturated rings. The van der Waals surface area contributed by atoms with Crippen molar-refractivity contribution in [2.24, 2.45) is 5.73 Å². The maximum absolute atomic E-state index is 12.2. The van der Waals surface area contributed by atoms with Gasteiger partial charge in [-0.15, -0.1) is 0 Å². The Balaban J connectivity index is 2.31. The predicted octanol–water partition coefficient (Wildman–Crippen LogP) is 1.43. The van der Waals surface area contributed by atoms with Gasteiger partial charge in [-0.05, 0) is 45.9 Å². The number of nitrogens with zero attached hydrogens (tertiary/aromatic N) is 1. The summed E-state index contributed by atoms with van der Waals surface area (Å²) in [5.41, 5.74) is 7.74. The van der Waals surface area contributed by atoms with E-state index in [-0.39, 0.29) is 17.5 Å². The quantitative estimate of drug-likeness (QED) is 0.865. The molecule has 1 unspecified atom stereocenters. The first kappa shape index (κ1) is 13.9. The van der Waals surface area contributed by atoms with Gasteiger partial charge in [0.2, 0.25) is 5.91 Å². The van der Waals surface area contributed by atoms with Crippen LogP contribution in [0.1, 0.15) is 25.8 Å². The minimum Gasteiger partial charge on any atom is -0.357 e. The van der Waals surface area contributed by atoms with E-state index in [0.717, 1.165) is 12.2 Å². The van der Waals surface area contributed by atoms with Crippen LogP contribution in [0.4, 0.5) is 5.69 Å². The Hall–Kier alpha value is -1.55. The van der Waals surface area contributed by atoms with E-state index in [1.165, 1.54) is 5.56 Å². The van der Waals surface area contributed by atoms with Crippen molar-refractivity contribution in [2.45, 2.75) is 38.8 Å². The zero-order valence-corrected chi connectivity index (χ0v) is 11.9. The zero-order valence-electron chi connectivity index (χ0n) is 11.9. The lowest BCUT2D eigenvalue weighted by Gasteiger charge is -2.45. The highest BCUT2D eigenvalue weighted by Crippen LogP contribution is 2.25. The number of hydrogen-bond donors (Lipinski definition) is 2. The largest absolute Gasteiger partial charge is 0.357 e. The molecule has 0 spiro atoms. The molecule has 1 aromatic carbocycles. The van der Waals surface area contributed by atoms with E-state index in [4.69, 9.17) is 5.73 Å². The standard InChI is InChI=1S/C15H23N3O/c1-11-4-6-12(7-5-11)18-10-15(2,3)17-14(19)13(18)8-9-16/h4-7,13H,8-10,16H2,1-3H3,(H,17,19). The monoisotopic (exact) mass is 261 g/mol. The second-order valence-electron chi connectivity index (χ2n) is 5.93. The molecule has 1 aliphatic rings. The number of piperazine rings is 1. The van der Waals surface area contributed by atoms with Crippen LogP contribution in [-0.2, 0) is 4.79 Å². The summed E-state index contributed by atoms with van der Waals surface area (Å²) in [6, 6.07) is 8.14. The summed E-state index contributed by atoms with van der Waals surface area (Å²) < 4.78 is 0. The van der Waals surface area contributed by atoms with Gasteiger partial charge in [0.05, 0.1) is 5.54 Å². The van der Waals surface area contributed by atoms with E-state index in [0.29, 0.717) is 13.0 Å². The number of carbonyl (C=O) groups excluding carboxylic acids is 1. The first-order valence-electron chi connectivity index (χ1n) is 6.78. The molecule has 3 N–H and O–H groups in total. The predicted molar refractivity (Wildman–Crippen MR) is 78.2 cm³/mol. The molecule has 19 heavy (non-hydrogen) atoms. The molecule has 0 saturated carbocycles. The molecule has 2 rings (SSSR count). The molecule has 1 heterocycles. The summed E-state index contributed by atoms with van der Waals surface area (Å²) >= 11 is 0. The molecule has 1 aliphatic heterocycles. The van der Waals surface area contributed by atoms with Crippen molar-refractivity contribution in [3.8, 4) is 0 Å². The van der Waals surface area contributed by atoms with Crippen molar-refractivity contribution in [1.29, 1.82) is 0 Å². The minimum atomic E-state index is -0.215. The highest BCUT2D eigenvalue weighted by Gasteiger charge is 2.37. The van der Waals surface area contributed by atoms with Crippen molar-refractivity contribution in [1.82, 2.24) is 5.32 Å². The number of anilines is 1. The Morgan fingerprint density at radius 1 is 1.37 bits per heavy atom. The SMILES string of the molecule is Cc1ccc(N2CC(C)(C)NC(=O)C2CCN)cc1. The average Bonchev–Trinajstić information content (AvgIpc) is 2.33. The summed E-state index contributed by atoms with van der Waals surface area (Å²) in [6.45, 7) is 7.47. The summed E-state index contributed by atoms with van der Waals surface area (Å²) in [5.74, 6) is 0.0716. The van der Waals surface area contributed by atoms with Crippen LogP contribution in [0.2, 0.25) is 0 Å². The third kappa shape index (κ3) is 3.07.